The van der Waals surface area contributed by atoms with Crippen molar-refractivity contribution in [1.82, 2.24) is 5.32 Å². The van der Waals surface area contributed by atoms with Crippen molar-refractivity contribution in [2.75, 3.05) is 6.61 Å². The molecule has 0 heterocycles. The Bertz CT molecular complexity index is 914. The molecule has 0 aromatic heterocycles. The Morgan fingerprint density at radius 2 is 1.64 bits per heavy atom. The molecule has 0 saturated carbocycles. The molecule has 1 N–H and O–H groups in total. The summed E-state index contributed by atoms with van der Waals surface area (Å²) in [7, 11) is 0. The summed E-state index contributed by atoms with van der Waals surface area (Å²) in [6.45, 7) is 2.63. The smallest absolute Gasteiger partial charge is 0.251 e. The predicted molar refractivity (Wildman–Crippen MR) is 111 cm³/mol. The fraction of sp³-hybridized carbons (Fsp3) is 0.174. The Morgan fingerprint density at radius 1 is 0.929 bits per heavy atom. The van der Waals surface area contributed by atoms with Crippen LogP contribution in [-0.2, 0) is 6.61 Å². The standard InChI is InChI=1S/C23H22ClNO3/c1-17(15-27-20-10-3-2-4-11-20)25-23(26)18-9-7-12-21(14-18)28-16-19-8-5-6-13-22(19)24/h2-14,17H,15-16H2,1H3,(H,25,26). The summed E-state index contributed by atoms with van der Waals surface area (Å²) in [4.78, 5) is 12.5. The van der Waals surface area contributed by atoms with Gasteiger partial charge in [0.25, 0.3) is 5.91 Å². The number of amides is 1. The Labute approximate surface area is 170 Å². The van der Waals surface area contributed by atoms with Gasteiger partial charge in [-0.2, -0.15) is 0 Å². The van der Waals surface area contributed by atoms with Crippen molar-refractivity contribution in [3.63, 3.8) is 0 Å². The van der Waals surface area contributed by atoms with Crippen LogP contribution >= 0.6 is 11.6 Å². The number of hydrogen-bond acceptors (Lipinski definition) is 3. The van der Waals surface area contributed by atoms with E-state index >= 15 is 0 Å². The average Bonchev–Trinajstić information content (AvgIpc) is 2.72. The third-order valence-electron chi connectivity index (χ3n) is 4.07. The topological polar surface area (TPSA) is 47.6 Å². The van der Waals surface area contributed by atoms with Gasteiger partial charge in [-0.1, -0.05) is 54.1 Å². The molecule has 1 atom stereocenters. The van der Waals surface area contributed by atoms with Gasteiger partial charge in [-0.3, -0.25) is 4.79 Å². The fourth-order valence-corrected chi connectivity index (χ4v) is 2.78. The molecule has 0 radical (unpaired) electrons. The minimum absolute atomic E-state index is 0.139. The average molecular weight is 396 g/mol. The van der Waals surface area contributed by atoms with Crippen LogP contribution in [0.3, 0.4) is 0 Å². The van der Waals surface area contributed by atoms with Gasteiger partial charge in [0.1, 0.15) is 24.7 Å². The van der Waals surface area contributed by atoms with E-state index in [2.05, 4.69) is 5.32 Å². The van der Waals surface area contributed by atoms with Crippen LogP contribution in [0.4, 0.5) is 0 Å². The molecular weight excluding hydrogens is 374 g/mol. The molecule has 144 valence electrons. The van der Waals surface area contributed by atoms with Gasteiger partial charge in [0.15, 0.2) is 0 Å². The van der Waals surface area contributed by atoms with Crippen molar-refractivity contribution in [3.8, 4) is 11.5 Å². The normalized spacial score (nSPS) is 11.5. The molecule has 0 aliphatic heterocycles. The summed E-state index contributed by atoms with van der Waals surface area (Å²) in [5.74, 6) is 1.21. The van der Waals surface area contributed by atoms with E-state index in [0.29, 0.717) is 29.5 Å². The third kappa shape index (κ3) is 5.76. The Morgan fingerprint density at radius 3 is 2.43 bits per heavy atom. The number of para-hydroxylation sites is 1. The predicted octanol–water partition coefficient (Wildman–Crippen LogP) is 5.12. The summed E-state index contributed by atoms with van der Waals surface area (Å²) in [6.07, 6.45) is 0. The molecule has 1 unspecified atom stereocenters. The van der Waals surface area contributed by atoms with Gasteiger partial charge in [0, 0.05) is 16.1 Å². The molecule has 3 aromatic carbocycles. The first kappa shape index (κ1) is 19.8. The molecule has 3 aromatic rings. The molecular formula is C23H22ClNO3. The van der Waals surface area contributed by atoms with E-state index in [0.717, 1.165) is 11.3 Å². The van der Waals surface area contributed by atoms with Gasteiger partial charge in [-0.15, -0.1) is 0 Å². The third-order valence-corrected chi connectivity index (χ3v) is 4.44. The molecule has 4 nitrogen and oxygen atoms in total. The highest BCUT2D eigenvalue weighted by Gasteiger charge is 2.11. The van der Waals surface area contributed by atoms with Crippen LogP contribution in [0.5, 0.6) is 11.5 Å². The van der Waals surface area contributed by atoms with Gasteiger partial charge < -0.3 is 14.8 Å². The first-order chi connectivity index (χ1) is 13.6. The van der Waals surface area contributed by atoms with Crippen molar-refractivity contribution < 1.29 is 14.3 Å². The molecule has 0 bridgehead atoms. The SMILES string of the molecule is CC(COc1ccccc1)NC(=O)c1cccc(OCc2ccccc2Cl)c1. The number of hydrogen-bond donors (Lipinski definition) is 1. The number of halogens is 1. The lowest BCUT2D eigenvalue weighted by molar-refractivity contribution is 0.0926. The minimum Gasteiger partial charge on any atom is -0.491 e. The number of ether oxygens (including phenoxy) is 2. The van der Waals surface area contributed by atoms with Gasteiger partial charge in [0.05, 0.1) is 6.04 Å². The maximum absolute atomic E-state index is 12.5. The number of rotatable bonds is 8. The Kier molecular flexibility index (Phi) is 6.93. The highest BCUT2D eigenvalue weighted by molar-refractivity contribution is 6.31. The zero-order valence-corrected chi connectivity index (χ0v) is 16.4. The van der Waals surface area contributed by atoms with E-state index in [1.54, 1.807) is 18.2 Å². The minimum atomic E-state index is -0.174. The van der Waals surface area contributed by atoms with E-state index in [9.17, 15) is 4.79 Å². The van der Waals surface area contributed by atoms with Crippen molar-refractivity contribution in [1.29, 1.82) is 0 Å². The Hall–Kier alpha value is -2.98. The van der Waals surface area contributed by atoms with E-state index in [-0.39, 0.29) is 11.9 Å². The zero-order valence-electron chi connectivity index (χ0n) is 15.6. The van der Waals surface area contributed by atoms with Crippen LogP contribution in [0.25, 0.3) is 0 Å². The second kappa shape index (κ2) is 9.81. The second-order valence-corrected chi connectivity index (χ2v) is 6.81. The molecule has 0 aliphatic rings. The quantitative estimate of drug-likeness (QED) is 0.576. The lowest BCUT2D eigenvalue weighted by atomic mass is 10.2. The summed E-state index contributed by atoms with van der Waals surface area (Å²) in [5, 5.41) is 3.59. The van der Waals surface area contributed by atoms with E-state index in [1.807, 2.05) is 67.6 Å². The summed E-state index contributed by atoms with van der Waals surface area (Å²) in [6, 6.07) is 24.0. The Balaban J connectivity index is 1.53. The molecule has 28 heavy (non-hydrogen) atoms. The molecule has 0 saturated heterocycles. The molecule has 0 aliphatic carbocycles. The number of benzene rings is 3. The highest BCUT2D eigenvalue weighted by atomic mass is 35.5. The van der Waals surface area contributed by atoms with Crippen molar-refractivity contribution in [2.45, 2.75) is 19.6 Å². The van der Waals surface area contributed by atoms with Crippen LogP contribution in [-0.4, -0.2) is 18.6 Å². The van der Waals surface area contributed by atoms with Crippen LogP contribution in [0.2, 0.25) is 5.02 Å². The van der Waals surface area contributed by atoms with Crippen LogP contribution < -0.4 is 14.8 Å². The highest BCUT2D eigenvalue weighted by Crippen LogP contribution is 2.19. The van der Waals surface area contributed by atoms with E-state index < -0.39 is 0 Å². The summed E-state index contributed by atoms with van der Waals surface area (Å²) >= 11 is 6.15. The van der Waals surface area contributed by atoms with Crippen molar-refractivity contribution >= 4 is 17.5 Å². The van der Waals surface area contributed by atoms with Crippen LogP contribution in [0.1, 0.15) is 22.8 Å². The zero-order chi connectivity index (χ0) is 19.8. The maximum Gasteiger partial charge on any atom is 0.251 e. The van der Waals surface area contributed by atoms with E-state index in [4.69, 9.17) is 21.1 Å². The van der Waals surface area contributed by atoms with Crippen molar-refractivity contribution in [2.24, 2.45) is 0 Å². The first-order valence-corrected chi connectivity index (χ1v) is 9.44. The van der Waals surface area contributed by atoms with Crippen LogP contribution in [0, 0.1) is 0 Å². The molecule has 0 fully saturated rings. The van der Waals surface area contributed by atoms with Crippen LogP contribution in [0.15, 0.2) is 78.9 Å². The number of nitrogens with one attached hydrogen (secondary N) is 1. The fourth-order valence-electron chi connectivity index (χ4n) is 2.59. The van der Waals surface area contributed by atoms with Gasteiger partial charge in [-0.05, 0) is 43.3 Å². The van der Waals surface area contributed by atoms with Gasteiger partial charge >= 0.3 is 0 Å². The molecule has 1 amide bonds. The van der Waals surface area contributed by atoms with Gasteiger partial charge in [-0.25, -0.2) is 0 Å². The monoisotopic (exact) mass is 395 g/mol. The van der Waals surface area contributed by atoms with Gasteiger partial charge in [0.2, 0.25) is 0 Å². The molecule has 0 spiro atoms. The number of carbonyl (C=O) groups is 1. The molecule has 5 heteroatoms. The van der Waals surface area contributed by atoms with E-state index in [1.165, 1.54) is 0 Å². The lowest BCUT2D eigenvalue weighted by Crippen LogP contribution is -2.36. The maximum atomic E-state index is 12.5. The number of carbonyl (C=O) groups excluding carboxylic acids is 1. The summed E-state index contributed by atoms with van der Waals surface area (Å²) < 4.78 is 11.5. The largest absolute Gasteiger partial charge is 0.491 e. The first-order valence-electron chi connectivity index (χ1n) is 9.07. The van der Waals surface area contributed by atoms with Crippen molar-refractivity contribution in [3.05, 3.63) is 95.0 Å². The molecule has 3 rings (SSSR count). The summed E-state index contributed by atoms with van der Waals surface area (Å²) in [5.41, 5.74) is 1.42. The lowest BCUT2D eigenvalue weighted by Gasteiger charge is -2.15. The second-order valence-electron chi connectivity index (χ2n) is 6.41.